The van der Waals surface area contributed by atoms with Crippen LogP contribution in [0.1, 0.15) is 26.3 Å². The van der Waals surface area contributed by atoms with E-state index in [2.05, 4.69) is 5.32 Å². The molecule has 0 atom stereocenters. The third-order valence-electron chi connectivity index (χ3n) is 2.99. The average Bonchev–Trinajstić information content (AvgIpc) is 2.41. The fourth-order valence-corrected chi connectivity index (χ4v) is 1.79. The van der Waals surface area contributed by atoms with Crippen LogP contribution in [0.2, 0.25) is 0 Å². The van der Waals surface area contributed by atoms with E-state index in [0.717, 1.165) is 17.7 Å². The van der Waals surface area contributed by atoms with E-state index in [9.17, 15) is 14.0 Å². The van der Waals surface area contributed by atoms with Gasteiger partial charge in [0.15, 0.2) is 0 Å². The Bertz CT molecular complexity index is 729. The van der Waals surface area contributed by atoms with Gasteiger partial charge in [0.05, 0.1) is 5.56 Å². The number of anilines is 2. The maximum atomic E-state index is 13.5. The quantitative estimate of drug-likeness (QED) is 0.757. The molecule has 0 fully saturated rings. The highest BCUT2D eigenvalue weighted by molar-refractivity contribution is 6.04. The maximum absolute atomic E-state index is 13.5. The molecule has 0 bridgehead atoms. The third-order valence-corrected chi connectivity index (χ3v) is 2.99. The summed E-state index contributed by atoms with van der Waals surface area (Å²) in [5, 5.41) is 11.2. The number of rotatable bonds is 3. The summed E-state index contributed by atoms with van der Waals surface area (Å²) in [6.45, 7) is 1.77. The van der Waals surface area contributed by atoms with E-state index in [1.54, 1.807) is 25.1 Å². The number of hydrogen-bond acceptors (Lipinski definition) is 3. The largest absolute Gasteiger partial charge is 0.478 e. The Kier molecular flexibility index (Phi) is 3.89. The number of aromatic carboxylic acids is 1. The molecule has 0 aliphatic heterocycles. The fourth-order valence-electron chi connectivity index (χ4n) is 1.79. The van der Waals surface area contributed by atoms with Gasteiger partial charge in [0.2, 0.25) is 0 Å². The summed E-state index contributed by atoms with van der Waals surface area (Å²) in [5.74, 6) is -2.70. The van der Waals surface area contributed by atoms with Crippen LogP contribution < -0.4 is 11.1 Å². The van der Waals surface area contributed by atoms with Crippen molar-refractivity contribution in [2.75, 3.05) is 11.1 Å². The topological polar surface area (TPSA) is 92.4 Å². The molecule has 0 saturated heterocycles. The van der Waals surface area contributed by atoms with Crippen molar-refractivity contribution in [2.24, 2.45) is 0 Å². The number of carbonyl (C=O) groups is 2. The van der Waals surface area contributed by atoms with Crippen molar-refractivity contribution in [1.82, 2.24) is 0 Å². The van der Waals surface area contributed by atoms with Gasteiger partial charge in [-0.1, -0.05) is 0 Å². The van der Waals surface area contributed by atoms with E-state index in [1.165, 1.54) is 6.07 Å². The number of aryl methyl sites for hydroxylation is 1. The Labute approximate surface area is 120 Å². The summed E-state index contributed by atoms with van der Waals surface area (Å²) < 4.78 is 13.5. The number of carboxylic acids is 1. The van der Waals surface area contributed by atoms with Crippen molar-refractivity contribution in [3.05, 3.63) is 58.9 Å². The Balaban J connectivity index is 2.21. The van der Waals surface area contributed by atoms with Crippen LogP contribution in [0.15, 0.2) is 36.4 Å². The number of hydrogen-bond donors (Lipinski definition) is 3. The molecule has 0 unspecified atom stereocenters. The molecule has 5 nitrogen and oxygen atoms in total. The van der Waals surface area contributed by atoms with Crippen LogP contribution in [-0.2, 0) is 0 Å². The van der Waals surface area contributed by atoms with Gasteiger partial charge in [-0.05, 0) is 48.9 Å². The molecule has 1 amide bonds. The molecule has 0 aliphatic rings. The van der Waals surface area contributed by atoms with E-state index >= 15 is 0 Å². The van der Waals surface area contributed by atoms with Gasteiger partial charge in [-0.15, -0.1) is 0 Å². The van der Waals surface area contributed by atoms with Gasteiger partial charge in [0.25, 0.3) is 5.91 Å². The number of carboxylic acid groups (broad SMARTS) is 1. The molecule has 2 aromatic rings. The maximum Gasteiger partial charge on any atom is 0.338 e. The lowest BCUT2D eigenvalue weighted by Crippen LogP contribution is -2.13. The zero-order chi connectivity index (χ0) is 15.6. The molecule has 0 aliphatic carbocycles. The Morgan fingerprint density at radius 2 is 1.90 bits per heavy atom. The molecule has 4 N–H and O–H groups in total. The van der Waals surface area contributed by atoms with Crippen LogP contribution in [0, 0.1) is 12.7 Å². The second kappa shape index (κ2) is 5.62. The number of amides is 1. The lowest BCUT2D eigenvalue weighted by Gasteiger charge is -2.08. The first-order chi connectivity index (χ1) is 9.88. The van der Waals surface area contributed by atoms with Crippen LogP contribution >= 0.6 is 0 Å². The zero-order valence-electron chi connectivity index (χ0n) is 11.2. The highest BCUT2D eigenvalue weighted by Crippen LogP contribution is 2.17. The molecule has 0 heterocycles. The monoisotopic (exact) mass is 288 g/mol. The molecule has 2 rings (SSSR count). The van der Waals surface area contributed by atoms with E-state index in [-0.39, 0.29) is 5.69 Å². The summed E-state index contributed by atoms with van der Waals surface area (Å²) in [6.07, 6.45) is 0. The van der Waals surface area contributed by atoms with Gasteiger partial charge in [0.1, 0.15) is 5.82 Å². The number of carbonyl (C=O) groups excluding carboxylic acids is 1. The van der Waals surface area contributed by atoms with Gasteiger partial charge in [-0.3, -0.25) is 4.79 Å². The van der Waals surface area contributed by atoms with Crippen molar-refractivity contribution in [2.45, 2.75) is 6.92 Å². The van der Waals surface area contributed by atoms with Gasteiger partial charge in [-0.2, -0.15) is 0 Å². The van der Waals surface area contributed by atoms with Crippen LogP contribution in [0.4, 0.5) is 15.8 Å². The molecule has 108 valence electrons. The van der Waals surface area contributed by atoms with Crippen molar-refractivity contribution in [3.63, 3.8) is 0 Å². The van der Waals surface area contributed by atoms with Gasteiger partial charge >= 0.3 is 5.97 Å². The Hall–Kier alpha value is -2.89. The first-order valence-electron chi connectivity index (χ1n) is 6.09. The Morgan fingerprint density at radius 1 is 1.19 bits per heavy atom. The number of benzene rings is 2. The smallest absolute Gasteiger partial charge is 0.338 e. The van der Waals surface area contributed by atoms with Gasteiger partial charge in [0, 0.05) is 16.9 Å². The molecule has 21 heavy (non-hydrogen) atoms. The van der Waals surface area contributed by atoms with Gasteiger partial charge in [-0.25, -0.2) is 9.18 Å². The summed E-state index contributed by atoms with van der Waals surface area (Å²) in [6, 6.07) is 8.17. The first-order valence-corrected chi connectivity index (χ1v) is 6.09. The van der Waals surface area contributed by atoms with Crippen molar-refractivity contribution in [1.29, 1.82) is 0 Å². The highest BCUT2D eigenvalue weighted by Gasteiger charge is 2.12. The summed E-state index contributed by atoms with van der Waals surface area (Å²) >= 11 is 0. The third kappa shape index (κ3) is 3.17. The van der Waals surface area contributed by atoms with Crippen LogP contribution in [-0.4, -0.2) is 17.0 Å². The van der Waals surface area contributed by atoms with Crippen molar-refractivity contribution in [3.8, 4) is 0 Å². The van der Waals surface area contributed by atoms with E-state index in [0.29, 0.717) is 11.3 Å². The Morgan fingerprint density at radius 3 is 2.48 bits per heavy atom. The highest BCUT2D eigenvalue weighted by atomic mass is 19.1. The molecule has 2 aromatic carbocycles. The minimum atomic E-state index is -1.36. The summed E-state index contributed by atoms with van der Waals surface area (Å²) in [4.78, 5) is 22.7. The second-order valence-corrected chi connectivity index (χ2v) is 4.53. The fraction of sp³-hybridized carbons (Fsp3) is 0.0667. The molecule has 0 spiro atoms. The minimum Gasteiger partial charge on any atom is -0.478 e. The lowest BCUT2D eigenvalue weighted by molar-refractivity contribution is 0.0692. The molecule has 0 aromatic heterocycles. The average molecular weight is 288 g/mol. The van der Waals surface area contributed by atoms with Crippen LogP contribution in [0.3, 0.4) is 0 Å². The van der Waals surface area contributed by atoms with E-state index in [1.807, 2.05) is 0 Å². The predicted molar refractivity (Wildman–Crippen MR) is 76.9 cm³/mol. The summed E-state index contributed by atoms with van der Waals surface area (Å²) in [5.41, 5.74) is 7.11. The second-order valence-electron chi connectivity index (χ2n) is 4.53. The molecule has 0 radical (unpaired) electrons. The molecular weight excluding hydrogens is 275 g/mol. The normalized spacial score (nSPS) is 10.2. The van der Waals surface area contributed by atoms with E-state index < -0.39 is 23.3 Å². The number of nitrogens with one attached hydrogen (secondary N) is 1. The van der Waals surface area contributed by atoms with E-state index in [4.69, 9.17) is 10.8 Å². The van der Waals surface area contributed by atoms with Crippen molar-refractivity contribution < 1.29 is 19.1 Å². The minimum absolute atomic E-state index is 0.178. The SMILES string of the molecule is Cc1cc(C(=O)Nc2ccc(C(=O)O)c(F)c2)ccc1N. The van der Waals surface area contributed by atoms with Crippen molar-refractivity contribution >= 4 is 23.3 Å². The number of halogens is 1. The molecule has 0 saturated carbocycles. The zero-order valence-corrected chi connectivity index (χ0v) is 11.2. The predicted octanol–water partition coefficient (Wildman–Crippen LogP) is 2.67. The van der Waals surface area contributed by atoms with Crippen LogP contribution in [0.5, 0.6) is 0 Å². The van der Waals surface area contributed by atoms with Crippen LogP contribution in [0.25, 0.3) is 0 Å². The standard InChI is InChI=1S/C15H13FN2O3/c1-8-6-9(2-5-13(8)17)14(19)18-10-3-4-11(15(20)21)12(16)7-10/h2-7H,17H2,1H3,(H,18,19)(H,20,21). The first kappa shape index (κ1) is 14.5. The molecular formula is C15H13FN2O3. The number of nitrogens with two attached hydrogens (primary N) is 1. The van der Waals surface area contributed by atoms with Gasteiger partial charge < -0.3 is 16.2 Å². The lowest BCUT2D eigenvalue weighted by atomic mass is 10.1. The summed E-state index contributed by atoms with van der Waals surface area (Å²) in [7, 11) is 0. The molecule has 6 heteroatoms. The number of nitrogen functional groups attached to an aromatic ring is 1.